The summed E-state index contributed by atoms with van der Waals surface area (Å²) in [5.74, 6) is 1.35. The van der Waals surface area contributed by atoms with E-state index in [1.54, 1.807) is 13.3 Å². The Kier molecular flexibility index (Phi) is 5.50. The average Bonchev–Trinajstić information content (AvgIpc) is 3.17. The van der Waals surface area contributed by atoms with Gasteiger partial charge in [-0.05, 0) is 40.5 Å². The van der Waals surface area contributed by atoms with Crippen LogP contribution in [0.1, 0.15) is 22.3 Å². The van der Waals surface area contributed by atoms with Crippen LogP contribution in [0.4, 0.5) is 0 Å². The lowest BCUT2D eigenvalue weighted by Crippen LogP contribution is -1.98. The van der Waals surface area contributed by atoms with Crippen molar-refractivity contribution in [1.29, 1.82) is 0 Å². The molecule has 4 aromatic rings. The Labute approximate surface area is 187 Å². The molecule has 4 heteroatoms. The third-order valence-corrected chi connectivity index (χ3v) is 5.44. The summed E-state index contributed by atoms with van der Waals surface area (Å²) in [6, 6.07) is 32.4. The van der Waals surface area contributed by atoms with Crippen molar-refractivity contribution >= 4 is 11.9 Å². The fourth-order valence-electron chi connectivity index (χ4n) is 3.87. The summed E-state index contributed by atoms with van der Waals surface area (Å²) in [7, 11) is 1.64. The SMILES string of the molecule is COc1cc(/C=N/N=C2c3ccccc3-c3ccccc32)ccc1OCc1ccccc1. The molecule has 5 rings (SSSR count). The summed E-state index contributed by atoms with van der Waals surface area (Å²) in [5.41, 5.74) is 7.48. The fraction of sp³-hybridized carbons (Fsp3) is 0.0714. The summed E-state index contributed by atoms with van der Waals surface area (Å²) < 4.78 is 11.5. The Bertz CT molecular complexity index is 1260. The third kappa shape index (κ3) is 3.91. The number of hydrogen-bond acceptors (Lipinski definition) is 4. The van der Waals surface area contributed by atoms with Gasteiger partial charge >= 0.3 is 0 Å². The van der Waals surface area contributed by atoms with Gasteiger partial charge in [0.05, 0.1) is 13.3 Å². The first-order valence-electron chi connectivity index (χ1n) is 10.5. The van der Waals surface area contributed by atoms with E-state index in [0.717, 1.165) is 28.0 Å². The van der Waals surface area contributed by atoms with E-state index >= 15 is 0 Å². The minimum atomic E-state index is 0.483. The van der Waals surface area contributed by atoms with Crippen molar-refractivity contribution in [2.24, 2.45) is 10.2 Å². The van der Waals surface area contributed by atoms with Gasteiger partial charge in [-0.15, -0.1) is 5.10 Å². The molecule has 1 aliphatic carbocycles. The van der Waals surface area contributed by atoms with Crippen LogP contribution in [0.15, 0.2) is 107 Å². The van der Waals surface area contributed by atoms with E-state index in [1.165, 1.54) is 11.1 Å². The standard InChI is InChI=1S/C28H22N2O2/c1-31-27-17-21(15-16-26(27)32-19-20-9-3-2-4-10-20)18-29-30-28-24-13-7-5-11-22(24)23-12-6-8-14-25(23)28/h2-18H,19H2,1H3/b29-18+. The minimum absolute atomic E-state index is 0.483. The lowest BCUT2D eigenvalue weighted by molar-refractivity contribution is 0.284. The average molecular weight is 418 g/mol. The first-order valence-corrected chi connectivity index (χ1v) is 10.5. The summed E-state index contributed by atoms with van der Waals surface area (Å²) in [4.78, 5) is 0. The van der Waals surface area contributed by atoms with Gasteiger partial charge in [-0.3, -0.25) is 0 Å². The summed E-state index contributed by atoms with van der Waals surface area (Å²) in [5, 5.41) is 8.96. The Morgan fingerprint density at radius 3 is 1.97 bits per heavy atom. The molecule has 32 heavy (non-hydrogen) atoms. The molecule has 0 aromatic heterocycles. The van der Waals surface area contributed by atoms with Gasteiger partial charge < -0.3 is 9.47 Å². The maximum Gasteiger partial charge on any atom is 0.161 e. The normalized spacial score (nSPS) is 11.8. The largest absolute Gasteiger partial charge is 0.493 e. The first kappa shape index (κ1) is 19.8. The molecule has 0 N–H and O–H groups in total. The van der Waals surface area contributed by atoms with Crippen LogP contribution in [0.25, 0.3) is 11.1 Å². The first-order chi connectivity index (χ1) is 15.8. The van der Waals surface area contributed by atoms with Crippen LogP contribution >= 0.6 is 0 Å². The monoisotopic (exact) mass is 418 g/mol. The molecule has 0 atom stereocenters. The fourth-order valence-corrected chi connectivity index (χ4v) is 3.87. The van der Waals surface area contributed by atoms with Crippen LogP contribution < -0.4 is 9.47 Å². The zero-order valence-electron chi connectivity index (χ0n) is 17.7. The highest BCUT2D eigenvalue weighted by Crippen LogP contribution is 2.36. The lowest BCUT2D eigenvalue weighted by atomic mass is 10.1. The molecule has 0 unspecified atom stereocenters. The highest BCUT2D eigenvalue weighted by Gasteiger charge is 2.23. The molecular weight excluding hydrogens is 396 g/mol. The molecule has 0 aliphatic heterocycles. The van der Waals surface area contributed by atoms with Crippen molar-refractivity contribution < 1.29 is 9.47 Å². The van der Waals surface area contributed by atoms with Crippen molar-refractivity contribution in [3.8, 4) is 22.6 Å². The molecule has 0 spiro atoms. The van der Waals surface area contributed by atoms with Crippen molar-refractivity contribution in [1.82, 2.24) is 0 Å². The third-order valence-electron chi connectivity index (χ3n) is 5.44. The van der Waals surface area contributed by atoms with Crippen molar-refractivity contribution in [3.63, 3.8) is 0 Å². The topological polar surface area (TPSA) is 43.2 Å². The molecule has 0 saturated heterocycles. The maximum atomic E-state index is 5.94. The van der Waals surface area contributed by atoms with E-state index in [1.807, 2.05) is 60.7 Å². The molecule has 0 amide bonds. The van der Waals surface area contributed by atoms with E-state index in [-0.39, 0.29) is 0 Å². The molecule has 1 aliphatic rings. The maximum absolute atomic E-state index is 5.94. The Morgan fingerprint density at radius 2 is 1.31 bits per heavy atom. The van der Waals surface area contributed by atoms with Crippen molar-refractivity contribution in [2.45, 2.75) is 6.61 Å². The van der Waals surface area contributed by atoms with Gasteiger partial charge in [-0.1, -0.05) is 78.9 Å². The second kappa shape index (κ2) is 8.90. The van der Waals surface area contributed by atoms with Gasteiger partial charge in [-0.25, -0.2) is 0 Å². The lowest BCUT2D eigenvalue weighted by Gasteiger charge is -2.11. The van der Waals surface area contributed by atoms with E-state index < -0.39 is 0 Å². The van der Waals surface area contributed by atoms with Crippen molar-refractivity contribution in [3.05, 3.63) is 119 Å². The quantitative estimate of drug-likeness (QED) is 0.246. The predicted molar refractivity (Wildman–Crippen MR) is 129 cm³/mol. The van der Waals surface area contributed by atoms with Crippen LogP contribution in [0.3, 0.4) is 0 Å². The number of fused-ring (bicyclic) bond motifs is 3. The van der Waals surface area contributed by atoms with E-state index in [4.69, 9.17) is 9.47 Å². The Balaban J connectivity index is 1.37. The second-order valence-electron chi connectivity index (χ2n) is 7.47. The van der Waals surface area contributed by atoms with Crippen LogP contribution in [-0.2, 0) is 6.61 Å². The van der Waals surface area contributed by atoms with Gasteiger partial charge in [0.2, 0.25) is 0 Å². The minimum Gasteiger partial charge on any atom is -0.493 e. The second-order valence-corrected chi connectivity index (χ2v) is 7.47. The summed E-state index contributed by atoms with van der Waals surface area (Å²) in [6.45, 7) is 0.483. The Hall–Kier alpha value is -4.18. The smallest absolute Gasteiger partial charge is 0.161 e. The zero-order valence-corrected chi connectivity index (χ0v) is 17.7. The summed E-state index contributed by atoms with van der Waals surface area (Å²) >= 11 is 0. The van der Waals surface area contributed by atoms with Crippen molar-refractivity contribution in [2.75, 3.05) is 7.11 Å². The molecule has 0 saturated carbocycles. The highest BCUT2D eigenvalue weighted by atomic mass is 16.5. The van der Waals surface area contributed by atoms with Gasteiger partial charge in [0.1, 0.15) is 12.3 Å². The van der Waals surface area contributed by atoms with Crippen LogP contribution in [-0.4, -0.2) is 19.0 Å². The van der Waals surface area contributed by atoms with E-state index in [0.29, 0.717) is 18.1 Å². The molecule has 0 heterocycles. The van der Waals surface area contributed by atoms with Crippen LogP contribution in [0.5, 0.6) is 11.5 Å². The molecular formula is C28H22N2O2. The molecule has 0 bridgehead atoms. The summed E-state index contributed by atoms with van der Waals surface area (Å²) in [6.07, 6.45) is 1.74. The zero-order chi connectivity index (χ0) is 21.8. The van der Waals surface area contributed by atoms with E-state index in [2.05, 4.69) is 46.6 Å². The van der Waals surface area contributed by atoms with Gasteiger partial charge in [0.15, 0.2) is 11.5 Å². The number of benzene rings is 4. The molecule has 0 fully saturated rings. The molecule has 4 nitrogen and oxygen atoms in total. The molecule has 0 radical (unpaired) electrons. The number of ether oxygens (including phenoxy) is 2. The van der Waals surface area contributed by atoms with Gasteiger partial charge in [0.25, 0.3) is 0 Å². The molecule has 156 valence electrons. The van der Waals surface area contributed by atoms with Gasteiger partial charge in [-0.2, -0.15) is 5.10 Å². The van der Waals surface area contributed by atoms with Crippen LogP contribution in [0.2, 0.25) is 0 Å². The Morgan fingerprint density at radius 1 is 0.688 bits per heavy atom. The molecule has 4 aromatic carbocycles. The number of methoxy groups -OCH3 is 1. The highest BCUT2D eigenvalue weighted by molar-refractivity contribution is 6.24. The van der Waals surface area contributed by atoms with E-state index in [9.17, 15) is 0 Å². The van der Waals surface area contributed by atoms with Gasteiger partial charge in [0, 0.05) is 11.1 Å². The van der Waals surface area contributed by atoms with Crippen LogP contribution in [0, 0.1) is 0 Å². The number of hydrogen-bond donors (Lipinski definition) is 0. The predicted octanol–water partition coefficient (Wildman–Crippen LogP) is 6.13. The number of nitrogens with zero attached hydrogens (tertiary/aromatic N) is 2. The number of rotatable bonds is 6.